The quantitative estimate of drug-likeness (QED) is 0.0471. The third-order valence-corrected chi connectivity index (χ3v) is 9.79. The van der Waals surface area contributed by atoms with Crippen molar-refractivity contribution in [3.63, 3.8) is 0 Å². The zero-order valence-corrected chi connectivity index (χ0v) is 34.0. The highest BCUT2D eigenvalue weighted by atomic mass is 16.5. The smallest absolute Gasteiger partial charge is 0.339 e. The summed E-state index contributed by atoms with van der Waals surface area (Å²) in [6.45, 7) is 2.21. The van der Waals surface area contributed by atoms with Crippen molar-refractivity contribution in [3.05, 3.63) is 118 Å². The van der Waals surface area contributed by atoms with Gasteiger partial charge in [0.05, 0.1) is 46.2 Å². The summed E-state index contributed by atoms with van der Waals surface area (Å²) in [7, 11) is 5.30. The van der Waals surface area contributed by atoms with Crippen LogP contribution in [0.3, 0.4) is 0 Å². The Labute approximate surface area is 348 Å². The lowest BCUT2D eigenvalue weighted by Crippen LogP contribution is -2.41. The Morgan fingerprint density at radius 2 is 0.984 bits per heavy atom. The fourth-order valence-corrected chi connectivity index (χ4v) is 6.89. The third kappa shape index (κ3) is 8.18. The number of hydrogen-bond donors (Lipinski definition) is 4. The Morgan fingerprint density at radius 1 is 0.590 bits per heavy atom. The van der Waals surface area contributed by atoms with E-state index in [0.29, 0.717) is 33.7 Å². The largest absolute Gasteiger partial charge is 0.494 e. The highest BCUT2D eigenvalue weighted by molar-refractivity contribution is 6.13. The number of nitrogens with zero attached hydrogens (tertiary/aromatic N) is 2. The lowest BCUT2D eigenvalue weighted by Gasteiger charge is -2.12. The van der Waals surface area contributed by atoms with E-state index in [2.05, 4.69) is 10.6 Å². The number of aromatic nitrogens is 2. The van der Waals surface area contributed by atoms with Gasteiger partial charge in [0.25, 0.3) is 11.8 Å². The normalized spacial score (nSPS) is 10.9. The van der Waals surface area contributed by atoms with Gasteiger partial charge >= 0.3 is 11.9 Å². The molecule has 18 nitrogen and oxygen atoms in total. The molecule has 0 saturated heterocycles. The molecular weight excluding hydrogens is 793 g/mol. The molecule has 18 heteroatoms. The predicted molar refractivity (Wildman–Crippen MR) is 221 cm³/mol. The molecule has 0 bridgehead atoms. The van der Waals surface area contributed by atoms with Crippen molar-refractivity contribution in [3.8, 4) is 23.0 Å². The molecule has 0 aliphatic heterocycles. The highest BCUT2D eigenvalue weighted by Crippen LogP contribution is 2.39. The van der Waals surface area contributed by atoms with Crippen LogP contribution in [-0.4, -0.2) is 92.4 Å². The summed E-state index contributed by atoms with van der Waals surface area (Å²) in [4.78, 5) is 77.8. The fourth-order valence-electron chi connectivity index (χ4n) is 6.89. The first kappa shape index (κ1) is 42.6. The molecule has 4 heterocycles. The number of amides is 2. The van der Waals surface area contributed by atoms with Crippen molar-refractivity contribution in [1.82, 2.24) is 19.4 Å². The number of fused-ring (bicyclic) bond motifs is 2. The van der Waals surface area contributed by atoms with Crippen LogP contribution < -0.4 is 41.0 Å². The SMILES string of the molecule is COC(=O)c1cc(C(=O)c2c(C)c(OC)c3c(OCC(=O)NCNC(=O)COc4cccn5c(C(=O)c6ccc(N)c(C(=O)OC)c6)c(C)c(OC)c45)cccn23)ccc1N. The minimum Gasteiger partial charge on any atom is -0.494 e. The van der Waals surface area contributed by atoms with Crippen LogP contribution in [0.5, 0.6) is 23.0 Å². The Morgan fingerprint density at radius 3 is 1.34 bits per heavy atom. The number of anilines is 2. The number of nitrogens with two attached hydrogens (primary N) is 2. The van der Waals surface area contributed by atoms with Crippen molar-refractivity contribution in [1.29, 1.82) is 0 Å². The zero-order chi connectivity index (χ0) is 44.1. The fraction of sp³-hybridized carbons (Fsp3) is 0.209. The van der Waals surface area contributed by atoms with Crippen LogP contribution in [-0.2, 0) is 19.1 Å². The first-order valence-electron chi connectivity index (χ1n) is 18.4. The summed E-state index contributed by atoms with van der Waals surface area (Å²) in [5.41, 5.74) is 14.8. The van der Waals surface area contributed by atoms with Crippen LogP contribution in [0.2, 0.25) is 0 Å². The number of carbonyl (C=O) groups is 6. The number of methoxy groups -OCH3 is 4. The van der Waals surface area contributed by atoms with Crippen LogP contribution in [0.15, 0.2) is 73.1 Å². The molecule has 6 aromatic rings. The van der Waals surface area contributed by atoms with E-state index in [-0.39, 0.29) is 63.2 Å². The van der Waals surface area contributed by atoms with Gasteiger partial charge in [0, 0.05) is 46.0 Å². The van der Waals surface area contributed by atoms with Crippen LogP contribution in [0.25, 0.3) is 11.0 Å². The topological polar surface area (TPSA) is 243 Å². The summed E-state index contributed by atoms with van der Waals surface area (Å²) in [5, 5.41) is 5.11. The van der Waals surface area contributed by atoms with E-state index in [9.17, 15) is 28.8 Å². The van der Waals surface area contributed by atoms with Gasteiger partial charge in [-0.1, -0.05) is 0 Å². The standard InChI is InChI=1S/C43H42N6O12/c1-22-34(38(52)24-11-13-28(44)26(17-24)42(54)58-5)48-15-7-9-30(36(48)40(22)56-3)60-19-32(50)46-21-47-33(51)20-61-31-10-8-16-49-35(23(2)41(57-4)37(31)49)39(53)25-12-14-29(45)27(18-25)43(55)59-6/h7-18H,19-21,44-45H2,1-6H3,(H,46,50)(H,47,51). The van der Waals surface area contributed by atoms with E-state index in [1.807, 2.05) is 0 Å². The molecule has 4 aromatic heterocycles. The molecule has 61 heavy (non-hydrogen) atoms. The van der Waals surface area contributed by atoms with E-state index in [1.54, 1.807) is 59.3 Å². The molecule has 0 unspecified atom stereocenters. The Bertz CT molecular complexity index is 2570. The van der Waals surface area contributed by atoms with E-state index in [0.717, 1.165) is 0 Å². The molecule has 0 aliphatic carbocycles. The van der Waals surface area contributed by atoms with E-state index < -0.39 is 48.5 Å². The Balaban J connectivity index is 1.09. The zero-order valence-electron chi connectivity index (χ0n) is 34.0. The molecule has 0 radical (unpaired) electrons. The lowest BCUT2D eigenvalue weighted by atomic mass is 10.0. The van der Waals surface area contributed by atoms with Crippen molar-refractivity contribution < 1.29 is 57.2 Å². The van der Waals surface area contributed by atoms with Gasteiger partial charge in [-0.05, 0) is 74.5 Å². The van der Waals surface area contributed by atoms with Gasteiger partial charge in [0.15, 0.2) is 24.7 Å². The maximum absolute atomic E-state index is 13.8. The van der Waals surface area contributed by atoms with Crippen molar-refractivity contribution >= 4 is 57.7 Å². The van der Waals surface area contributed by atoms with Crippen molar-refractivity contribution in [2.45, 2.75) is 13.8 Å². The number of hydrogen-bond acceptors (Lipinski definition) is 14. The molecule has 0 saturated carbocycles. The second-order valence-corrected chi connectivity index (χ2v) is 13.4. The minimum absolute atomic E-state index is 0.0431. The van der Waals surface area contributed by atoms with Crippen LogP contribution >= 0.6 is 0 Å². The first-order chi connectivity index (χ1) is 29.3. The van der Waals surface area contributed by atoms with E-state index in [4.69, 9.17) is 39.9 Å². The molecular formula is C43H42N6O12. The highest BCUT2D eigenvalue weighted by Gasteiger charge is 2.28. The second kappa shape index (κ2) is 17.9. The molecule has 0 atom stereocenters. The second-order valence-electron chi connectivity index (χ2n) is 13.4. The Kier molecular flexibility index (Phi) is 12.5. The van der Waals surface area contributed by atoms with Gasteiger partial charge in [0.2, 0.25) is 11.6 Å². The lowest BCUT2D eigenvalue weighted by molar-refractivity contribution is -0.125. The molecule has 0 spiro atoms. The van der Waals surface area contributed by atoms with Gasteiger partial charge in [0.1, 0.15) is 33.9 Å². The average Bonchev–Trinajstić information content (AvgIpc) is 3.73. The summed E-state index contributed by atoms with van der Waals surface area (Å²) < 4.78 is 35.8. The van der Waals surface area contributed by atoms with E-state index >= 15 is 0 Å². The maximum atomic E-state index is 13.8. The minimum atomic E-state index is -0.689. The van der Waals surface area contributed by atoms with Gasteiger partial charge in [-0.15, -0.1) is 0 Å². The molecule has 6 N–H and O–H groups in total. The number of nitrogens with one attached hydrogen (secondary N) is 2. The van der Waals surface area contributed by atoms with Crippen molar-refractivity contribution in [2.75, 3.05) is 59.8 Å². The molecule has 0 aliphatic rings. The molecule has 316 valence electrons. The number of benzene rings is 2. The number of ether oxygens (including phenoxy) is 6. The van der Waals surface area contributed by atoms with Crippen LogP contribution in [0.1, 0.15) is 63.9 Å². The third-order valence-electron chi connectivity index (χ3n) is 9.79. The molecule has 2 amide bonds. The first-order valence-corrected chi connectivity index (χ1v) is 18.4. The predicted octanol–water partition coefficient (Wildman–Crippen LogP) is 3.67. The number of carbonyl (C=O) groups excluding carboxylic acids is 6. The number of rotatable bonds is 16. The van der Waals surface area contributed by atoms with Gasteiger partial charge in [-0.3, -0.25) is 19.2 Å². The number of pyridine rings is 2. The molecule has 6 rings (SSSR count). The van der Waals surface area contributed by atoms with Crippen LogP contribution in [0.4, 0.5) is 11.4 Å². The maximum Gasteiger partial charge on any atom is 0.339 e. The number of esters is 2. The van der Waals surface area contributed by atoms with Crippen molar-refractivity contribution in [2.24, 2.45) is 0 Å². The average molecular weight is 835 g/mol. The van der Waals surface area contributed by atoms with E-state index in [1.165, 1.54) is 64.8 Å². The van der Waals surface area contributed by atoms with Gasteiger partial charge in [-0.2, -0.15) is 0 Å². The summed E-state index contributed by atoms with van der Waals surface area (Å²) in [5.74, 6) is -2.26. The molecule has 2 aromatic carbocycles. The monoisotopic (exact) mass is 834 g/mol. The Hall–Kier alpha value is -8.02. The number of ketones is 2. The number of nitrogen functional groups attached to an aromatic ring is 2. The summed E-state index contributed by atoms with van der Waals surface area (Å²) >= 11 is 0. The van der Waals surface area contributed by atoms with Crippen LogP contribution in [0, 0.1) is 13.8 Å². The summed E-state index contributed by atoms with van der Waals surface area (Å²) in [6.07, 6.45) is 3.27. The molecule has 0 fully saturated rings. The van der Waals surface area contributed by atoms with Gasteiger partial charge in [-0.25, -0.2) is 9.59 Å². The summed E-state index contributed by atoms with van der Waals surface area (Å²) in [6, 6.07) is 15.1. The van der Waals surface area contributed by atoms with Gasteiger partial charge < -0.3 is 59.3 Å².